The molecular formula is C7H17IN2. The SMILES string of the molecule is CC1CNCC(C)N1.CI. The Hall–Kier alpha value is 0.650. The smallest absolute Gasteiger partial charge is 0.0167 e. The van der Waals surface area contributed by atoms with Gasteiger partial charge in [-0.3, -0.25) is 0 Å². The first-order valence-electron chi connectivity index (χ1n) is 3.63. The van der Waals surface area contributed by atoms with Gasteiger partial charge in [-0.15, -0.1) is 0 Å². The quantitative estimate of drug-likeness (QED) is 0.499. The van der Waals surface area contributed by atoms with E-state index < -0.39 is 0 Å². The minimum Gasteiger partial charge on any atom is -0.314 e. The molecule has 62 valence electrons. The molecule has 0 aromatic heterocycles. The van der Waals surface area contributed by atoms with E-state index >= 15 is 0 Å². The lowest BCUT2D eigenvalue weighted by Crippen LogP contribution is -2.52. The molecule has 2 atom stereocenters. The third kappa shape index (κ3) is 4.46. The normalized spacial score (nSPS) is 32.4. The molecule has 2 unspecified atom stereocenters. The Morgan fingerprint density at radius 2 is 1.50 bits per heavy atom. The summed E-state index contributed by atoms with van der Waals surface area (Å²) in [6.45, 7) is 6.62. The van der Waals surface area contributed by atoms with Crippen LogP contribution in [0.25, 0.3) is 0 Å². The van der Waals surface area contributed by atoms with E-state index in [-0.39, 0.29) is 0 Å². The number of alkyl halides is 1. The highest BCUT2D eigenvalue weighted by molar-refractivity contribution is 14.1. The van der Waals surface area contributed by atoms with Crippen LogP contribution in [0.2, 0.25) is 0 Å². The van der Waals surface area contributed by atoms with Gasteiger partial charge in [0.2, 0.25) is 0 Å². The molecule has 0 bridgehead atoms. The minimum absolute atomic E-state index is 0.652. The molecule has 1 fully saturated rings. The Morgan fingerprint density at radius 3 is 1.70 bits per heavy atom. The highest BCUT2D eigenvalue weighted by atomic mass is 127. The number of hydrogen-bond donors (Lipinski definition) is 2. The molecule has 1 saturated heterocycles. The van der Waals surface area contributed by atoms with E-state index in [1.807, 2.05) is 4.93 Å². The van der Waals surface area contributed by atoms with Gasteiger partial charge in [-0.05, 0) is 18.8 Å². The predicted octanol–water partition coefficient (Wildman–Crippen LogP) is 1.01. The van der Waals surface area contributed by atoms with Crippen molar-refractivity contribution in [3.05, 3.63) is 0 Å². The fourth-order valence-corrected chi connectivity index (χ4v) is 1.12. The summed E-state index contributed by atoms with van der Waals surface area (Å²) in [7, 11) is 0. The molecule has 1 rings (SSSR count). The molecule has 1 heterocycles. The van der Waals surface area contributed by atoms with Crippen molar-refractivity contribution in [2.75, 3.05) is 18.0 Å². The number of halogens is 1. The van der Waals surface area contributed by atoms with Crippen molar-refractivity contribution in [2.24, 2.45) is 0 Å². The van der Waals surface area contributed by atoms with Crippen molar-refractivity contribution in [1.82, 2.24) is 10.6 Å². The van der Waals surface area contributed by atoms with Crippen LogP contribution in [0.15, 0.2) is 0 Å². The zero-order valence-electron chi connectivity index (χ0n) is 6.95. The maximum atomic E-state index is 3.42. The molecule has 0 aliphatic carbocycles. The van der Waals surface area contributed by atoms with E-state index in [2.05, 4.69) is 47.1 Å². The molecule has 10 heavy (non-hydrogen) atoms. The van der Waals surface area contributed by atoms with Gasteiger partial charge in [-0.2, -0.15) is 0 Å². The summed E-state index contributed by atoms with van der Waals surface area (Å²) < 4.78 is 0. The monoisotopic (exact) mass is 256 g/mol. The zero-order chi connectivity index (χ0) is 7.98. The number of rotatable bonds is 0. The second kappa shape index (κ2) is 6.37. The Morgan fingerprint density at radius 1 is 1.10 bits per heavy atom. The molecule has 0 aromatic carbocycles. The molecule has 0 saturated carbocycles. The first-order valence-corrected chi connectivity index (χ1v) is 5.79. The van der Waals surface area contributed by atoms with Gasteiger partial charge >= 0.3 is 0 Å². The predicted molar refractivity (Wildman–Crippen MR) is 54.9 cm³/mol. The lowest BCUT2D eigenvalue weighted by Gasteiger charge is -2.26. The second-order valence-electron chi connectivity index (χ2n) is 2.63. The average Bonchev–Trinajstić information content (AvgIpc) is 1.91. The van der Waals surface area contributed by atoms with Crippen LogP contribution in [0.4, 0.5) is 0 Å². The average molecular weight is 256 g/mol. The molecule has 2 N–H and O–H groups in total. The maximum absolute atomic E-state index is 3.42. The molecular weight excluding hydrogens is 239 g/mol. The largest absolute Gasteiger partial charge is 0.314 e. The van der Waals surface area contributed by atoms with Crippen molar-refractivity contribution in [1.29, 1.82) is 0 Å². The summed E-state index contributed by atoms with van der Waals surface area (Å²) in [6.07, 6.45) is 0. The van der Waals surface area contributed by atoms with E-state index in [1.165, 1.54) is 0 Å². The van der Waals surface area contributed by atoms with Crippen molar-refractivity contribution in [3.63, 3.8) is 0 Å². The number of hydrogen-bond acceptors (Lipinski definition) is 2. The molecule has 0 aromatic rings. The lowest BCUT2D eigenvalue weighted by atomic mass is 10.2. The van der Waals surface area contributed by atoms with E-state index in [0.29, 0.717) is 12.1 Å². The van der Waals surface area contributed by atoms with Crippen LogP contribution in [0, 0.1) is 0 Å². The van der Waals surface area contributed by atoms with Gasteiger partial charge in [0.05, 0.1) is 0 Å². The standard InChI is InChI=1S/C6H14N2.CH3I/c1-5-3-7-4-6(2)8-5;1-2/h5-8H,3-4H2,1-2H3;1H3. The molecule has 1 aliphatic heterocycles. The van der Waals surface area contributed by atoms with Crippen LogP contribution in [0.3, 0.4) is 0 Å². The van der Waals surface area contributed by atoms with Crippen molar-refractivity contribution >= 4 is 22.6 Å². The summed E-state index contributed by atoms with van der Waals surface area (Å²) in [4.78, 5) is 1.97. The van der Waals surface area contributed by atoms with Crippen LogP contribution in [0.5, 0.6) is 0 Å². The Balaban J connectivity index is 0.000000371. The van der Waals surface area contributed by atoms with Gasteiger partial charge in [0.1, 0.15) is 0 Å². The second-order valence-corrected chi connectivity index (χ2v) is 2.63. The fourth-order valence-electron chi connectivity index (χ4n) is 1.12. The molecule has 0 spiro atoms. The third-order valence-corrected chi connectivity index (χ3v) is 1.47. The van der Waals surface area contributed by atoms with Gasteiger partial charge in [-0.25, -0.2) is 0 Å². The van der Waals surface area contributed by atoms with Crippen LogP contribution in [-0.4, -0.2) is 30.1 Å². The fraction of sp³-hybridized carbons (Fsp3) is 1.00. The van der Waals surface area contributed by atoms with Gasteiger partial charge in [0.25, 0.3) is 0 Å². The minimum atomic E-state index is 0.652. The topological polar surface area (TPSA) is 24.1 Å². The van der Waals surface area contributed by atoms with Crippen molar-refractivity contribution < 1.29 is 0 Å². The first-order chi connectivity index (χ1) is 4.79. The zero-order valence-corrected chi connectivity index (χ0v) is 9.10. The van der Waals surface area contributed by atoms with Gasteiger partial charge in [0.15, 0.2) is 0 Å². The van der Waals surface area contributed by atoms with Crippen LogP contribution in [0.1, 0.15) is 13.8 Å². The summed E-state index contributed by atoms with van der Waals surface area (Å²) in [6, 6.07) is 1.30. The van der Waals surface area contributed by atoms with Gasteiger partial charge < -0.3 is 10.6 Å². The van der Waals surface area contributed by atoms with E-state index in [0.717, 1.165) is 13.1 Å². The van der Waals surface area contributed by atoms with Crippen LogP contribution >= 0.6 is 22.6 Å². The Kier molecular flexibility index (Phi) is 6.78. The van der Waals surface area contributed by atoms with E-state index in [1.54, 1.807) is 0 Å². The molecule has 0 amide bonds. The number of piperazine rings is 1. The highest BCUT2D eigenvalue weighted by Gasteiger charge is 2.11. The molecule has 0 radical (unpaired) electrons. The summed E-state index contributed by atoms with van der Waals surface area (Å²) in [5, 5.41) is 6.74. The molecule has 1 aliphatic rings. The lowest BCUT2D eigenvalue weighted by molar-refractivity contribution is 0.370. The highest BCUT2D eigenvalue weighted by Crippen LogP contribution is 1.90. The van der Waals surface area contributed by atoms with Gasteiger partial charge in [0, 0.05) is 25.2 Å². The van der Waals surface area contributed by atoms with Crippen molar-refractivity contribution in [3.8, 4) is 0 Å². The molecule has 3 heteroatoms. The summed E-state index contributed by atoms with van der Waals surface area (Å²) in [5.74, 6) is 0. The van der Waals surface area contributed by atoms with Crippen LogP contribution < -0.4 is 10.6 Å². The van der Waals surface area contributed by atoms with E-state index in [4.69, 9.17) is 0 Å². The van der Waals surface area contributed by atoms with E-state index in [9.17, 15) is 0 Å². The third-order valence-electron chi connectivity index (χ3n) is 1.47. The maximum Gasteiger partial charge on any atom is 0.0167 e. The van der Waals surface area contributed by atoms with Crippen LogP contribution in [-0.2, 0) is 0 Å². The number of nitrogens with one attached hydrogen (secondary N) is 2. The van der Waals surface area contributed by atoms with Gasteiger partial charge in [-0.1, -0.05) is 22.6 Å². The molecule has 2 nitrogen and oxygen atoms in total. The first kappa shape index (κ1) is 10.7. The van der Waals surface area contributed by atoms with Crippen molar-refractivity contribution in [2.45, 2.75) is 25.9 Å². The Labute approximate surface area is 77.3 Å². The summed E-state index contributed by atoms with van der Waals surface area (Å²) in [5.41, 5.74) is 0. The Bertz CT molecular complexity index is 70.0. The summed E-state index contributed by atoms with van der Waals surface area (Å²) >= 11 is 2.15.